The van der Waals surface area contributed by atoms with Crippen LogP contribution in [0.4, 0.5) is 0 Å². The number of hydrogen-bond donors (Lipinski definition) is 2. The van der Waals surface area contributed by atoms with E-state index in [9.17, 15) is 0 Å². The number of nitrogens with two attached hydrogens (primary N) is 1. The first kappa shape index (κ1) is 10.4. The molecule has 0 aromatic carbocycles. The summed E-state index contributed by atoms with van der Waals surface area (Å²) < 4.78 is 0. The van der Waals surface area contributed by atoms with E-state index in [0.29, 0.717) is 12.1 Å². The summed E-state index contributed by atoms with van der Waals surface area (Å²) in [6.45, 7) is 2.43. The molecule has 3 nitrogen and oxygen atoms in total. The molecule has 2 fully saturated rings. The second-order valence-corrected chi connectivity index (χ2v) is 4.95. The standard InChI is InChI=1S/C11H23N3/c1-14-6-2-3-11(14)8-13-10-5-4-9(12)7-10/h9-11,13H,2-8,12H2,1H3. The summed E-state index contributed by atoms with van der Waals surface area (Å²) in [5, 5.41) is 3.66. The van der Waals surface area contributed by atoms with E-state index in [1.165, 1.54) is 38.6 Å². The SMILES string of the molecule is CN1CCCC1CNC1CCC(N)C1. The van der Waals surface area contributed by atoms with Gasteiger partial charge in [-0.25, -0.2) is 0 Å². The Balaban J connectivity index is 1.67. The van der Waals surface area contributed by atoms with Crippen LogP contribution in [0.2, 0.25) is 0 Å². The van der Waals surface area contributed by atoms with Gasteiger partial charge in [-0.2, -0.15) is 0 Å². The van der Waals surface area contributed by atoms with Gasteiger partial charge in [-0.3, -0.25) is 0 Å². The lowest BCUT2D eigenvalue weighted by Crippen LogP contribution is -2.39. The highest BCUT2D eigenvalue weighted by atomic mass is 15.2. The molecule has 3 unspecified atom stereocenters. The van der Waals surface area contributed by atoms with Crippen LogP contribution in [-0.2, 0) is 0 Å². The predicted molar refractivity (Wildman–Crippen MR) is 59.3 cm³/mol. The highest BCUT2D eigenvalue weighted by Crippen LogP contribution is 2.18. The van der Waals surface area contributed by atoms with Crippen molar-refractivity contribution < 1.29 is 0 Å². The first-order valence-electron chi connectivity index (χ1n) is 5.95. The van der Waals surface area contributed by atoms with E-state index >= 15 is 0 Å². The molecular weight excluding hydrogens is 174 g/mol. The fourth-order valence-corrected chi connectivity index (χ4v) is 2.74. The number of nitrogens with zero attached hydrogens (tertiary/aromatic N) is 1. The Labute approximate surface area is 87.0 Å². The first-order chi connectivity index (χ1) is 6.75. The molecule has 1 aliphatic carbocycles. The zero-order valence-electron chi connectivity index (χ0n) is 9.21. The van der Waals surface area contributed by atoms with E-state index in [1.807, 2.05) is 0 Å². The Morgan fingerprint density at radius 3 is 2.79 bits per heavy atom. The number of nitrogens with one attached hydrogen (secondary N) is 1. The molecule has 0 spiro atoms. The molecule has 0 bridgehead atoms. The third-order valence-electron chi connectivity index (χ3n) is 3.79. The van der Waals surface area contributed by atoms with Gasteiger partial charge in [-0.1, -0.05) is 0 Å². The molecule has 3 atom stereocenters. The highest BCUT2D eigenvalue weighted by molar-refractivity contribution is 4.85. The van der Waals surface area contributed by atoms with Gasteiger partial charge in [0.25, 0.3) is 0 Å². The summed E-state index contributed by atoms with van der Waals surface area (Å²) in [5.41, 5.74) is 5.89. The smallest absolute Gasteiger partial charge is 0.0218 e. The van der Waals surface area contributed by atoms with Crippen LogP contribution in [0.5, 0.6) is 0 Å². The normalized spacial score (nSPS) is 39.4. The topological polar surface area (TPSA) is 41.3 Å². The second kappa shape index (κ2) is 4.60. The minimum absolute atomic E-state index is 0.453. The molecule has 0 amide bonds. The van der Waals surface area contributed by atoms with E-state index in [4.69, 9.17) is 5.73 Å². The maximum atomic E-state index is 5.89. The van der Waals surface area contributed by atoms with Gasteiger partial charge >= 0.3 is 0 Å². The van der Waals surface area contributed by atoms with E-state index in [-0.39, 0.29) is 0 Å². The van der Waals surface area contributed by atoms with Crippen LogP contribution in [-0.4, -0.2) is 43.2 Å². The molecule has 1 heterocycles. The monoisotopic (exact) mass is 197 g/mol. The molecule has 2 aliphatic rings. The Kier molecular flexibility index (Phi) is 3.42. The summed E-state index contributed by atoms with van der Waals surface area (Å²) >= 11 is 0. The zero-order valence-corrected chi connectivity index (χ0v) is 9.21. The maximum Gasteiger partial charge on any atom is 0.0218 e. The summed E-state index contributed by atoms with van der Waals surface area (Å²) in [6.07, 6.45) is 6.39. The van der Waals surface area contributed by atoms with Crippen molar-refractivity contribution in [2.75, 3.05) is 20.1 Å². The van der Waals surface area contributed by atoms with E-state index in [2.05, 4.69) is 17.3 Å². The largest absolute Gasteiger partial charge is 0.328 e. The van der Waals surface area contributed by atoms with Crippen molar-refractivity contribution in [3.05, 3.63) is 0 Å². The Morgan fingerprint density at radius 1 is 1.36 bits per heavy atom. The van der Waals surface area contributed by atoms with Gasteiger partial charge in [0.15, 0.2) is 0 Å². The number of rotatable bonds is 3. The summed E-state index contributed by atoms with van der Waals surface area (Å²) in [6, 6.07) is 1.92. The third-order valence-corrected chi connectivity index (χ3v) is 3.79. The lowest BCUT2D eigenvalue weighted by atomic mass is 10.2. The molecule has 0 radical (unpaired) electrons. The average molecular weight is 197 g/mol. The van der Waals surface area contributed by atoms with Gasteiger partial charge in [-0.05, 0) is 45.7 Å². The highest BCUT2D eigenvalue weighted by Gasteiger charge is 2.24. The Bertz CT molecular complexity index is 183. The van der Waals surface area contributed by atoms with Crippen LogP contribution in [0.15, 0.2) is 0 Å². The van der Waals surface area contributed by atoms with Gasteiger partial charge in [0, 0.05) is 24.7 Å². The first-order valence-corrected chi connectivity index (χ1v) is 5.95. The molecule has 14 heavy (non-hydrogen) atoms. The molecule has 1 aliphatic heterocycles. The number of hydrogen-bond acceptors (Lipinski definition) is 3. The minimum Gasteiger partial charge on any atom is -0.328 e. The average Bonchev–Trinajstić information content (AvgIpc) is 2.72. The summed E-state index contributed by atoms with van der Waals surface area (Å²) in [4.78, 5) is 2.47. The fourth-order valence-electron chi connectivity index (χ4n) is 2.74. The van der Waals surface area contributed by atoms with Crippen molar-refractivity contribution in [1.29, 1.82) is 0 Å². The van der Waals surface area contributed by atoms with Crippen LogP contribution in [0, 0.1) is 0 Å². The van der Waals surface area contributed by atoms with E-state index in [0.717, 1.165) is 12.6 Å². The predicted octanol–water partition coefficient (Wildman–Crippen LogP) is 0.550. The zero-order chi connectivity index (χ0) is 9.97. The van der Waals surface area contributed by atoms with Crippen molar-refractivity contribution >= 4 is 0 Å². The molecule has 2 rings (SSSR count). The molecule has 3 heteroatoms. The third kappa shape index (κ3) is 2.47. The van der Waals surface area contributed by atoms with Crippen molar-refractivity contribution in [2.45, 2.75) is 50.2 Å². The van der Waals surface area contributed by atoms with E-state index in [1.54, 1.807) is 0 Å². The number of likely N-dealkylation sites (N-methyl/N-ethyl adjacent to an activating group) is 1. The second-order valence-electron chi connectivity index (χ2n) is 4.95. The quantitative estimate of drug-likeness (QED) is 0.694. The van der Waals surface area contributed by atoms with Crippen molar-refractivity contribution in [3.63, 3.8) is 0 Å². The molecular formula is C11H23N3. The molecule has 82 valence electrons. The molecule has 0 aromatic rings. The Morgan fingerprint density at radius 2 is 2.21 bits per heavy atom. The van der Waals surface area contributed by atoms with Crippen LogP contribution in [0.25, 0.3) is 0 Å². The van der Waals surface area contributed by atoms with Crippen LogP contribution in [0.3, 0.4) is 0 Å². The van der Waals surface area contributed by atoms with Crippen molar-refractivity contribution in [2.24, 2.45) is 5.73 Å². The van der Waals surface area contributed by atoms with E-state index < -0.39 is 0 Å². The van der Waals surface area contributed by atoms with Gasteiger partial charge < -0.3 is 16.0 Å². The number of likely N-dealkylation sites (tertiary alicyclic amines) is 1. The van der Waals surface area contributed by atoms with Gasteiger partial charge in [0.1, 0.15) is 0 Å². The minimum atomic E-state index is 0.453. The summed E-state index contributed by atoms with van der Waals surface area (Å²) in [5.74, 6) is 0. The van der Waals surface area contributed by atoms with Gasteiger partial charge in [0.05, 0.1) is 0 Å². The van der Waals surface area contributed by atoms with Gasteiger partial charge in [-0.15, -0.1) is 0 Å². The van der Waals surface area contributed by atoms with Crippen LogP contribution >= 0.6 is 0 Å². The molecule has 0 aromatic heterocycles. The lowest BCUT2D eigenvalue weighted by Gasteiger charge is -2.22. The summed E-state index contributed by atoms with van der Waals surface area (Å²) in [7, 11) is 2.24. The molecule has 1 saturated heterocycles. The van der Waals surface area contributed by atoms with Crippen molar-refractivity contribution in [1.82, 2.24) is 10.2 Å². The van der Waals surface area contributed by atoms with Crippen LogP contribution in [0.1, 0.15) is 32.1 Å². The van der Waals surface area contributed by atoms with Gasteiger partial charge in [0.2, 0.25) is 0 Å². The fraction of sp³-hybridized carbons (Fsp3) is 1.00. The molecule has 3 N–H and O–H groups in total. The molecule has 1 saturated carbocycles. The maximum absolute atomic E-state index is 5.89. The van der Waals surface area contributed by atoms with Crippen LogP contribution < -0.4 is 11.1 Å². The Hall–Kier alpha value is -0.120. The van der Waals surface area contributed by atoms with Crippen molar-refractivity contribution in [3.8, 4) is 0 Å². The lowest BCUT2D eigenvalue weighted by molar-refractivity contribution is 0.291.